The zero-order chi connectivity index (χ0) is 90.6. The Labute approximate surface area is 817 Å². The van der Waals surface area contributed by atoms with E-state index in [1.165, 1.54) is 14.2 Å². The van der Waals surface area contributed by atoms with E-state index in [4.69, 9.17) is 9.68 Å². The number of fused-ring (bicyclic) bond motifs is 6. The number of amides is 3. The van der Waals surface area contributed by atoms with Crippen molar-refractivity contribution in [1.82, 2.24) is 64.4 Å². The Morgan fingerprint density at radius 3 is 0.929 bits per heavy atom. The number of pyridine rings is 2. The summed E-state index contributed by atoms with van der Waals surface area (Å²) in [6.45, 7) is 2.16. The Bertz CT molecular complexity index is 5010. The van der Waals surface area contributed by atoms with Gasteiger partial charge >= 0.3 is 155 Å². The minimum atomic E-state index is -1.74. The van der Waals surface area contributed by atoms with Gasteiger partial charge in [-0.15, -0.1) is 0 Å². The number of rotatable bonds is 36. The number of benzene rings is 6. The Hall–Kier alpha value is -7.98. The number of carboxylic acid groups (broad SMARTS) is 7. The van der Waals surface area contributed by atoms with Crippen LogP contribution >= 0.6 is 0 Å². The minimum absolute atomic E-state index is 0. The van der Waals surface area contributed by atoms with E-state index in [-0.39, 0.29) is 318 Å². The monoisotopic (exact) mass is 2040 g/mol. The molecule has 2 atom stereocenters. The van der Waals surface area contributed by atoms with Gasteiger partial charge in [-0.1, -0.05) is 97.1 Å². The topological polar surface area (TPSA) is 470 Å². The molecule has 127 heavy (non-hydrogen) atoms. The quantitative estimate of drug-likeness (QED) is 0.00860. The molecule has 4 heterocycles. The van der Waals surface area contributed by atoms with Gasteiger partial charge in [0.1, 0.15) is 0 Å². The van der Waals surface area contributed by atoms with Crippen molar-refractivity contribution < 1.29 is 221 Å². The zero-order valence-corrected chi connectivity index (χ0v) is 76.6. The van der Waals surface area contributed by atoms with Gasteiger partial charge in [-0.2, -0.15) is 19.3 Å². The van der Waals surface area contributed by atoms with Crippen molar-refractivity contribution in [2.24, 2.45) is 0 Å². The molecule has 10 rings (SSSR count). The van der Waals surface area contributed by atoms with Crippen LogP contribution in [0, 0.1) is 98.8 Å². The second kappa shape index (κ2) is 52.8. The van der Waals surface area contributed by atoms with Gasteiger partial charge in [-0.25, -0.2) is 4.79 Å². The Morgan fingerprint density at radius 1 is 0.378 bits per heavy atom. The number of carbonyl (C=O) groups is 10. The van der Waals surface area contributed by atoms with E-state index in [2.05, 4.69) is 5.32 Å². The van der Waals surface area contributed by atoms with Crippen LogP contribution in [0.5, 0.6) is 0 Å². The molecule has 12 N–H and O–H groups in total. The van der Waals surface area contributed by atoms with Crippen LogP contribution in [0.2, 0.25) is 0 Å². The Morgan fingerprint density at radius 2 is 0.654 bits per heavy atom. The van der Waals surface area contributed by atoms with Crippen LogP contribution < -0.4 is 25.4 Å². The van der Waals surface area contributed by atoms with Crippen molar-refractivity contribution in [3.8, 4) is 0 Å². The maximum atomic E-state index is 14.7. The second-order valence-corrected chi connectivity index (χ2v) is 31.1. The van der Waals surface area contributed by atoms with Gasteiger partial charge in [0.25, 0.3) is 5.91 Å². The smallest absolute Gasteiger partial charge is 0.480 e. The summed E-state index contributed by atoms with van der Waals surface area (Å²) in [6, 6.07) is 39.1. The molecule has 2 aliphatic heterocycles. The minimum Gasteiger partial charge on any atom is -0.480 e. The molecule has 42 heteroatoms. The summed E-state index contributed by atoms with van der Waals surface area (Å²) >= 11 is 0. The number of hydrogen-bond acceptors (Lipinski definition) is 26. The number of nitrogens with one attached hydrogen (secondary N) is 1. The maximum absolute atomic E-state index is 14.7. The SMILES string of the molecule is CNC(=O)C[n+]1cc2ccccc2c2cc(C(CN(Cc3ccccc3B(O)O)OC)N(C)C(=O)CN3CCN(CC(=O)O)CCN(CC(=O)O)CCN(CC(=O)O)CC3)ccc21.CON(Cc1ccccc1B(O)O)CC(c1ccc2c(c1)c1ccccc1c[n+]2CC(=O)O)N(C)C(=O)CN1CCN(CC(=O)O)CCN(CC(=O)O)CCN(CC(=O)O)CC1.[Eu+3].[Eu+3]. The molecule has 0 bridgehead atoms. The predicted molar refractivity (Wildman–Crippen MR) is 461 cm³/mol. The molecule has 0 aliphatic carbocycles. The van der Waals surface area contributed by atoms with Crippen LogP contribution in [-0.4, -0.2) is 394 Å². The molecule has 3 amide bonds. The predicted octanol–water partition coefficient (Wildman–Crippen LogP) is -2.17. The van der Waals surface area contributed by atoms with Crippen LogP contribution in [0.1, 0.15) is 34.3 Å². The summed E-state index contributed by atoms with van der Waals surface area (Å²) in [6.07, 6.45) is 3.72. The number of nitrogens with zero attached hydrogens (tertiary/aromatic N) is 14. The average Bonchev–Trinajstić information content (AvgIpc) is 0.765. The fraction of sp³-hybridized carbons (Fsp3) is 0.435. The van der Waals surface area contributed by atoms with E-state index in [0.717, 1.165) is 43.4 Å². The van der Waals surface area contributed by atoms with Crippen molar-refractivity contribution in [1.29, 1.82) is 0 Å². The molecule has 8 aromatic rings. The van der Waals surface area contributed by atoms with E-state index in [1.54, 1.807) is 130 Å². The molecule has 2 fully saturated rings. The third-order valence-corrected chi connectivity index (χ3v) is 22.5. The largest absolute Gasteiger partial charge is 3.00 e. The fourth-order valence-electron chi connectivity index (χ4n) is 15.7. The molecular formula is C85H113B2Eu2N15O23+8. The molecule has 678 valence electrons. The number of hydroxylamine groups is 4. The molecule has 2 saturated heterocycles. The second-order valence-electron chi connectivity index (χ2n) is 31.1. The summed E-state index contributed by atoms with van der Waals surface area (Å²) in [5.41, 5.74) is 4.68. The average molecular weight is 2040 g/mol. The molecule has 0 spiro atoms. The number of carboxylic acids is 7. The van der Waals surface area contributed by atoms with Crippen molar-refractivity contribution in [3.05, 3.63) is 168 Å². The summed E-state index contributed by atoms with van der Waals surface area (Å²) in [5, 5.41) is 119. The van der Waals surface area contributed by atoms with Crippen LogP contribution in [0.15, 0.2) is 146 Å². The first kappa shape index (κ1) is 106. The Balaban J connectivity index is 0.000000343. The number of carbonyl (C=O) groups excluding carboxylic acids is 3. The van der Waals surface area contributed by atoms with Crippen molar-refractivity contribution in [3.63, 3.8) is 0 Å². The first-order valence-electron chi connectivity index (χ1n) is 41.0. The van der Waals surface area contributed by atoms with Gasteiger partial charge in [0.2, 0.25) is 35.9 Å². The van der Waals surface area contributed by atoms with E-state index in [0.29, 0.717) is 27.7 Å². The molecule has 2 unspecified atom stereocenters. The molecule has 0 radical (unpaired) electrons. The van der Waals surface area contributed by atoms with E-state index in [9.17, 15) is 104 Å². The van der Waals surface area contributed by atoms with E-state index in [1.807, 2.05) is 105 Å². The number of hydrogen-bond donors (Lipinski definition) is 12. The summed E-state index contributed by atoms with van der Waals surface area (Å²) < 4.78 is 3.54. The first-order chi connectivity index (χ1) is 59.8. The van der Waals surface area contributed by atoms with Crippen molar-refractivity contribution in [2.75, 3.05) is 206 Å². The van der Waals surface area contributed by atoms with Gasteiger partial charge in [0.15, 0.2) is 12.4 Å². The molecule has 6 aromatic carbocycles. The van der Waals surface area contributed by atoms with Gasteiger partial charge < -0.3 is 80.6 Å². The summed E-state index contributed by atoms with van der Waals surface area (Å²) in [5.74, 6) is -8.11. The maximum Gasteiger partial charge on any atom is 3.00 e. The molecule has 2 aromatic heterocycles. The van der Waals surface area contributed by atoms with Gasteiger partial charge in [-0.05, 0) is 57.4 Å². The number of aliphatic carboxylic acids is 7. The van der Waals surface area contributed by atoms with Gasteiger partial charge in [0, 0.05) is 186 Å². The number of aromatic nitrogens is 2. The van der Waals surface area contributed by atoms with Crippen LogP contribution in [0.3, 0.4) is 0 Å². The molecule has 0 saturated carbocycles. The van der Waals surface area contributed by atoms with Crippen molar-refractivity contribution >= 4 is 128 Å². The summed E-state index contributed by atoms with van der Waals surface area (Å²) in [7, 11) is 4.43. The van der Waals surface area contributed by atoms with Crippen molar-refractivity contribution in [2.45, 2.75) is 38.3 Å². The van der Waals surface area contributed by atoms with Crippen LogP contribution in [-0.2, 0) is 83.8 Å². The first-order valence-corrected chi connectivity index (χ1v) is 41.0. The van der Waals surface area contributed by atoms with E-state index < -0.39 is 68.1 Å². The van der Waals surface area contributed by atoms with Crippen LogP contribution in [0.25, 0.3) is 43.4 Å². The third kappa shape index (κ3) is 32.8. The number of likely N-dealkylation sites (N-methyl/N-ethyl adjacent to an activating group) is 3. The van der Waals surface area contributed by atoms with Gasteiger partial charge in [-0.3, -0.25) is 82.4 Å². The molecular weight excluding hydrogens is 1920 g/mol. The molecule has 2 aliphatic rings. The molecule has 38 nitrogen and oxygen atoms in total. The normalized spacial score (nSPS) is 15.5. The third-order valence-electron chi connectivity index (χ3n) is 22.5. The van der Waals surface area contributed by atoms with Crippen LogP contribution in [0.4, 0.5) is 0 Å². The van der Waals surface area contributed by atoms with E-state index >= 15 is 0 Å². The standard InChI is InChI=1S/C43H57BN8O11.C42H54BN7O12.2Eu/c1-45-39(53)26-51-23-32-8-4-6-10-34(32)35-22-31(12-13-37(35)51)38(25-52(63-3)24-33-9-5-7-11-36(33)44(61)62)46(2)40(54)27-47-14-16-48(28-41(55)56)18-20-50(30-43(59)60)21-19-49(17-15-47)29-42(57)58;1-44(38(51)25-45-13-15-46(26-39(52)53)17-19-48(28-41(56)57)20-18-47(16-14-45)27-40(54)55)37(24-50(62-2)23-32-8-4-6-10-35(32)43(60)61)30-11-12-36-34(21-30)33-9-5-3-7-31(33)22-49(36)29-42(58)59;;/h4-13,22-23,38,61-62H,14-21,24-30H2,1-3H3,(H3-,45,53,55,56,57,58,59,60);3-12,21-22,37,60-61H,13-20,23-29H2,1-2H3,(H3-,52,53,54,55,56,57,58,59);;/q;;2*+3/p+2. The summed E-state index contributed by atoms with van der Waals surface area (Å²) in [4.78, 5) is 153. The zero-order valence-electron chi connectivity index (χ0n) is 71.7. The van der Waals surface area contributed by atoms with Gasteiger partial charge in [0.05, 0.1) is 89.4 Å². The fourth-order valence-corrected chi connectivity index (χ4v) is 15.7. The Kier molecular flexibility index (Phi) is 44.1.